The van der Waals surface area contributed by atoms with Gasteiger partial charge < -0.3 is 10.4 Å². The van der Waals surface area contributed by atoms with Crippen LogP contribution in [0.3, 0.4) is 0 Å². The summed E-state index contributed by atoms with van der Waals surface area (Å²) in [6.45, 7) is 4.11. The molecule has 0 aromatic heterocycles. The van der Waals surface area contributed by atoms with Crippen LogP contribution in [0, 0.1) is 0 Å². The molecule has 0 heterocycles. The lowest BCUT2D eigenvalue weighted by Crippen LogP contribution is -2.17. The van der Waals surface area contributed by atoms with Crippen LogP contribution in [0.15, 0.2) is 29.2 Å². The lowest BCUT2D eigenvalue weighted by atomic mass is 10.1. The molecule has 128 valence electrons. The summed E-state index contributed by atoms with van der Waals surface area (Å²) in [7, 11) is 0. The lowest BCUT2D eigenvalue weighted by molar-refractivity contribution is -0.136. The van der Waals surface area contributed by atoms with Crippen molar-refractivity contribution in [3.63, 3.8) is 0 Å². The highest BCUT2D eigenvalue weighted by Crippen LogP contribution is 2.32. The first kappa shape index (κ1) is 19.6. The molecule has 5 heteroatoms. The van der Waals surface area contributed by atoms with Gasteiger partial charge in [-0.05, 0) is 25.0 Å². The Morgan fingerprint density at radius 2 is 1.87 bits per heavy atom. The van der Waals surface area contributed by atoms with Gasteiger partial charge in [-0.1, -0.05) is 51.7 Å². The molecule has 1 aromatic rings. The molecule has 0 unspecified atom stereocenters. The molecule has 0 saturated heterocycles. The summed E-state index contributed by atoms with van der Waals surface area (Å²) in [5, 5.41) is 11.7. The zero-order chi connectivity index (χ0) is 17.1. The van der Waals surface area contributed by atoms with Crippen molar-refractivity contribution in [1.29, 1.82) is 0 Å². The molecule has 23 heavy (non-hydrogen) atoms. The van der Waals surface area contributed by atoms with Crippen LogP contribution in [0.4, 0.5) is 5.69 Å². The molecule has 0 aliphatic heterocycles. The van der Waals surface area contributed by atoms with E-state index in [1.807, 2.05) is 31.2 Å². The van der Waals surface area contributed by atoms with Crippen LogP contribution >= 0.6 is 11.8 Å². The highest BCUT2D eigenvalue weighted by atomic mass is 32.2. The second-order valence-electron chi connectivity index (χ2n) is 5.59. The Labute approximate surface area is 143 Å². The number of benzene rings is 1. The summed E-state index contributed by atoms with van der Waals surface area (Å²) < 4.78 is 0. The number of carbonyl (C=O) groups is 2. The van der Waals surface area contributed by atoms with Gasteiger partial charge in [0, 0.05) is 11.3 Å². The SMILES string of the molecule is CCCCCCC(=O)Nc1ccccc1S[C@H](CCC)C(=O)O. The Bertz CT molecular complexity index is 505. The van der Waals surface area contributed by atoms with Gasteiger partial charge in [-0.15, -0.1) is 11.8 Å². The fourth-order valence-electron chi connectivity index (χ4n) is 2.25. The van der Waals surface area contributed by atoms with E-state index in [0.717, 1.165) is 37.0 Å². The van der Waals surface area contributed by atoms with Crippen molar-refractivity contribution in [2.75, 3.05) is 5.32 Å². The fourth-order valence-corrected chi connectivity index (χ4v) is 3.41. The maximum Gasteiger partial charge on any atom is 0.316 e. The minimum absolute atomic E-state index is 0.00322. The van der Waals surface area contributed by atoms with Gasteiger partial charge in [0.2, 0.25) is 5.91 Å². The maximum atomic E-state index is 12.0. The van der Waals surface area contributed by atoms with Gasteiger partial charge in [0.05, 0.1) is 5.69 Å². The van der Waals surface area contributed by atoms with Crippen LogP contribution in [0.5, 0.6) is 0 Å². The molecular weight excluding hydrogens is 310 g/mol. The summed E-state index contributed by atoms with van der Waals surface area (Å²) in [5.74, 6) is -0.811. The predicted octanol–water partition coefficient (Wildman–Crippen LogP) is 4.94. The third-order valence-corrected chi connectivity index (χ3v) is 4.85. The average molecular weight is 337 g/mol. The molecule has 0 aliphatic carbocycles. The van der Waals surface area contributed by atoms with E-state index in [4.69, 9.17) is 0 Å². The van der Waals surface area contributed by atoms with E-state index in [-0.39, 0.29) is 5.91 Å². The van der Waals surface area contributed by atoms with Crippen molar-refractivity contribution < 1.29 is 14.7 Å². The molecule has 1 rings (SSSR count). The van der Waals surface area contributed by atoms with Gasteiger partial charge in [0.25, 0.3) is 0 Å². The number of rotatable bonds is 11. The minimum Gasteiger partial charge on any atom is -0.480 e. The average Bonchev–Trinajstić information content (AvgIpc) is 2.52. The van der Waals surface area contributed by atoms with E-state index in [0.29, 0.717) is 18.5 Å². The summed E-state index contributed by atoms with van der Waals surface area (Å²) in [4.78, 5) is 24.2. The first-order chi connectivity index (χ1) is 11.1. The fraction of sp³-hybridized carbons (Fsp3) is 0.556. The van der Waals surface area contributed by atoms with E-state index in [1.54, 1.807) is 0 Å². The number of para-hydroxylation sites is 1. The number of aliphatic carboxylic acids is 1. The van der Waals surface area contributed by atoms with Crippen molar-refractivity contribution in [2.45, 2.75) is 68.9 Å². The van der Waals surface area contributed by atoms with E-state index in [1.165, 1.54) is 11.8 Å². The third kappa shape index (κ3) is 7.55. The number of hydrogen-bond donors (Lipinski definition) is 2. The molecule has 0 radical (unpaired) electrons. The maximum absolute atomic E-state index is 12.0. The largest absolute Gasteiger partial charge is 0.480 e. The highest BCUT2D eigenvalue weighted by Gasteiger charge is 2.19. The van der Waals surface area contributed by atoms with Crippen molar-refractivity contribution in [1.82, 2.24) is 0 Å². The minimum atomic E-state index is -0.808. The Morgan fingerprint density at radius 1 is 1.13 bits per heavy atom. The highest BCUT2D eigenvalue weighted by molar-refractivity contribution is 8.00. The first-order valence-electron chi connectivity index (χ1n) is 8.36. The van der Waals surface area contributed by atoms with E-state index >= 15 is 0 Å². The normalized spacial score (nSPS) is 11.9. The number of carboxylic acid groups (broad SMARTS) is 1. The number of carboxylic acids is 1. The first-order valence-corrected chi connectivity index (χ1v) is 9.24. The van der Waals surface area contributed by atoms with Crippen molar-refractivity contribution >= 4 is 29.3 Å². The molecule has 0 bridgehead atoms. The van der Waals surface area contributed by atoms with E-state index in [2.05, 4.69) is 12.2 Å². The molecule has 1 amide bonds. The van der Waals surface area contributed by atoms with Gasteiger partial charge in [0.1, 0.15) is 5.25 Å². The summed E-state index contributed by atoms with van der Waals surface area (Å²) >= 11 is 1.31. The van der Waals surface area contributed by atoms with E-state index < -0.39 is 11.2 Å². The third-order valence-electron chi connectivity index (χ3n) is 3.51. The molecule has 0 fully saturated rings. The quantitative estimate of drug-likeness (QED) is 0.443. The Kier molecular flexibility index (Phi) is 9.45. The van der Waals surface area contributed by atoms with Crippen LogP contribution in [0.1, 0.15) is 58.8 Å². The topological polar surface area (TPSA) is 66.4 Å². The Balaban J connectivity index is 2.65. The van der Waals surface area contributed by atoms with Gasteiger partial charge in [-0.3, -0.25) is 9.59 Å². The summed E-state index contributed by atoms with van der Waals surface area (Å²) in [6.07, 6.45) is 6.19. The number of amides is 1. The zero-order valence-electron chi connectivity index (χ0n) is 14.0. The molecule has 4 nitrogen and oxygen atoms in total. The van der Waals surface area contributed by atoms with Gasteiger partial charge >= 0.3 is 5.97 Å². The van der Waals surface area contributed by atoms with Crippen molar-refractivity contribution in [2.24, 2.45) is 0 Å². The molecule has 0 spiro atoms. The smallest absolute Gasteiger partial charge is 0.316 e. The number of thioether (sulfide) groups is 1. The molecule has 1 atom stereocenters. The van der Waals surface area contributed by atoms with Gasteiger partial charge in [-0.25, -0.2) is 0 Å². The second kappa shape index (κ2) is 11.1. The molecular formula is C18H27NO3S. The Hall–Kier alpha value is -1.49. The van der Waals surface area contributed by atoms with Crippen LogP contribution in [0.25, 0.3) is 0 Å². The molecule has 1 aromatic carbocycles. The summed E-state index contributed by atoms with van der Waals surface area (Å²) in [6, 6.07) is 7.41. The number of carbonyl (C=O) groups excluding carboxylic acids is 1. The number of unbranched alkanes of at least 4 members (excludes halogenated alkanes) is 3. The van der Waals surface area contributed by atoms with Gasteiger partial charge in [0.15, 0.2) is 0 Å². The standard InChI is InChI=1S/C18H27NO3S/c1-3-5-6-7-13-17(20)19-14-11-8-9-12-15(14)23-16(10-4-2)18(21)22/h8-9,11-12,16H,3-7,10,13H2,1-2H3,(H,19,20)(H,21,22)/t16-/m1/s1. The predicted molar refractivity (Wildman–Crippen MR) is 96.0 cm³/mol. The lowest BCUT2D eigenvalue weighted by Gasteiger charge is -2.15. The van der Waals surface area contributed by atoms with Crippen LogP contribution in [-0.4, -0.2) is 22.2 Å². The van der Waals surface area contributed by atoms with E-state index in [9.17, 15) is 14.7 Å². The van der Waals surface area contributed by atoms with Crippen molar-refractivity contribution in [3.05, 3.63) is 24.3 Å². The number of nitrogens with one attached hydrogen (secondary N) is 1. The molecule has 2 N–H and O–H groups in total. The number of hydrogen-bond acceptors (Lipinski definition) is 3. The number of anilines is 1. The van der Waals surface area contributed by atoms with Crippen LogP contribution in [-0.2, 0) is 9.59 Å². The molecule has 0 saturated carbocycles. The monoisotopic (exact) mass is 337 g/mol. The van der Waals surface area contributed by atoms with Crippen molar-refractivity contribution in [3.8, 4) is 0 Å². The van der Waals surface area contributed by atoms with Crippen LogP contribution < -0.4 is 5.32 Å². The Morgan fingerprint density at radius 3 is 2.52 bits per heavy atom. The van der Waals surface area contributed by atoms with Gasteiger partial charge in [-0.2, -0.15) is 0 Å². The van der Waals surface area contributed by atoms with Crippen LogP contribution in [0.2, 0.25) is 0 Å². The second-order valence-corrected chi connectivity index (χ2v) is 6.83. The molecule has 0 aliphatic rings. The summed E-state index contributed by atoms with van der Waals surface area (Å²) in [5.41, 5.74) is 0.709. The zero-order valence-corrected chi connectivity index (χ0v) is 14.8.